The van der Waals surface area contributed by atoms with Gasteiger partial charge < -0.3 is 10.5 Å². The fourth-order valence-electron chi connectivity index (χ4n) is 1.45. The Bertz CT molecular complexity index is 578. The van der Waals surface area contributed by atoms with Crippen LogP contribution in [-0.4, -0.2) is 0 Å². The molecule has 2 N–H and O–H groups in total. The molecule has 0 aliphatic rings. The standard InChI is InChI=1S/C13H9F4NO/c14-10-2-1-3-11(12(10)18)19-9-6-4-8(5-7-9)13(15,16)17/h1-7H,18H2. The van der Waals surface area contributed by atoms with Gasteiger partial charge in [0.05, 0.1) is 5.56 Å². The van der Waals surface area contributed by atoms with Gasteiger partial charge in [0.2, 0.25) is 0 Å². The molecule has 2 aromatic carbocycles. The van der Waals surface area contributed by atoms with Gasteiger partial charge >= 0.3 is 6.18 Å². The topological polar surface area (TPSA) is 35.2 Å². The highest BCUT2D eigenvalue weighted by Crippen LogP contribution is 2.33. The average Bonchev–Trinajstić information content (AvgIpc) is 2.35. The third-order valence-corrected chi connectivity index (χ3v) is 2.42. The normalized spacial score (nSPS) is 11.4. The van der Waals surface area contributed by atoms with Gasteiger partial charge in [0.1, 0.15) is 17.3 Å². The van der Waals surface area contributed by atoms with Gasteiger partial charge in [-0.25, -0.2) is 4.39 Å². The predicted octanol–water partition coefficient (Wildman–Crippen LogP) is 4.22. The minimum atomic E-state index is -4.41. The first-order valence-electron chi connectivity index (χ1n) is 5.27. The molecule has 0 aromatic heterocycles. The van der Waals surface area contributed by atoms with Crippen LogP contribution in [0.2, 0.25) is 0 Å². The highest BCUT2D eigenvalue weighted by molar-refractivity contribution is 5.54. The van der Waals surface area contributed by atoms with Crippen molar-refractivity contribution in [1.29, 1.82) is 0 Å². The molecule has 2 rings (SSSR count). The van der Waals surface area contributed by atoms with E-state index in [0.29, 0.717) is 0 Å². The zero-order chi connectivity index (χ0) is 14.0. The van der Waals surface area contributed by atoms with Gasteiger partial charge in [0.25, 0.3) is 0 Å². The molecule has 0 heterocycles. The van der Waals surface area contributed by atoms with Crippen molar-refractivity contribution in [2.45, 2.75) is 6.18 Å². The lowest BCUT2D eigenvalue weighted by molar-refractivity contribution is -0.137. The van der Waals surface area contributed by atoms with Gasteiger partial charge in [-0.15, -0.1) is 0 Å². The van der Waals surface area contributed by atoms with E-state index < -0.39 is 17.6 Å². The summed E-state index contributed by atoms with van der Waals surface area (Å²) in [6.45, 7) is 0. The number of rotatable bonds is 2. The van der Waals surface area contributed by atoms with E-state index in [1.54, 1.807) is 0 Å². The largest absolute Gasteiger partial charge is 0.455 e. The minimum Gasteiger partial charge on any atom is -0.455 e. The molecule has 0 atom stereocenters. The van der Waals surface area contributed by atoms with Crippen LogP contribution >= 0.6 is 0 Å². The van der Waals surface area contributed by atoms with Crippen molar-refractivity contribution in [2.24, 2.45) is 0 Å². The Labute approximate surface area is 106 Å². The molecule has 100 valence electrons. The van der Waals surface area contributed by atoms with E-state index in [1.807, 2.05) is 0 Å². The molecule has 2 nitrogen and oxygen atoms in total. The second-order valence-corrected chi connectivity index (χ2v) is 3.78. The maximum atomic E-state index is 13.1. The Kier molecular flexibility index (Phi) is 3.33. The molecule has 0 amide bonds. The summed E-state index contributed by atoms with van der Waals surface area (Å²) in [4.78, 5) is 0. The summed E-state index contributed by atoms with van der Waals surface area (Å²) in [6, 6.07) is 8.03. The Morgan fingerprint density at radius 3 is 2.16 bits per heavy atom. The van der Waals surface area contributed by atoms with E-state index in [1.165, 1.54) is 12.1 Å². The maximum absolute atomic E-state index is 13.1. The molecule has 0 radical (unpaired) electrons. The number of alkyl halides is 3. The van der Waals surface area contributed by atoms with Crippen molar-refractivity contribution in [3.63, 3.8) is 0 Å². The molecule has 6 heteroatoms. The molecular weight excluding hydrogens is 262 g/mol. The van der Waals surface area contributed by atoms with Crippen molar-refractivity contribution in [3.05, 3.63) is 53.8 Å². The van der Waals surface area contributed by atoms with Gasteiger partial charge in [0, 0.05) is 0 Å². The summed E-state index contributed by atoms with van der Waals surface area (Å²) in [5.74, 6) is -0.450. The second-order valence-electron chi connectivity index (χ2n) is 3.78. The van der Waals surface area contributed by atoms with Gasteiger partial charge in [-0.1, -0.05) is 6.07 Å². The first-order chi connectivity index (χ1) is 8.88. The molecule has 0 spiro atoms. The SMILES string of the molecule is Nc1c(F)cccc1Oc1ccc(C(F)(F)F)cc1. The van der Waals surface area contributed by atoms with Gasteiger partial charge in [0.15, 0.2) is 5.75 Å². The molecule has 0 saturated carbocycles. The van der Waals surface area contributed by atoms with Crippen LogP contribution in [0.3, 0.4) is 0 Å². The molecule has 0 unspecified atom stereocenters. The molecule has 0 fully saturated rings. The lowest BCUT2D eigenvalue weighted by atomic mass is 10.2. The van der Waals surface area contributed by atoms with Crippen molar-refractivity contribution in [3.8, 4) is 11.5 Å². The molecule has 0 saturated heterocycles. The van der Waals surface area contributed by atoms with Crippen LogP contribution in [-0.2, 0) is 6.18 Å². The number of nitrogens with two attached hydrogens (primary N) is 1. The van der Waals surface area contributed by atoms with Crippen molar-refractivity contribution in [2.75, 3.05) is 5.73 Å². The van der Waals surface area contributed by atoms with Crippen molar-refractivity contribution >= 4 is 5.69 Å². The number of hydrogen-bond donors (Lipinski definition) is 1. The number of anilines is 1. The number of hydrogen-bond acceptors (Lipinski definition) is 2. The fraction of sp³-hybridized carbons (Fsp3) is 0.0769. The monoisotopic (exact) mass is 271 g/mol. The first-order valence-corrected chi connectivity index (χ1v) is 5.27. The Hall–Kier alpha value is -2.24. The third-order valence-electron chi connectivity index (χ3n) is 2.42. The maximum Gasteiger partial charge on any atom is 0.416 e. The smallest absolute Gasteiger partial charge is 0.416 e. The summed E-state index contributed by atoms with van der Waals surface area (Å²) in [5.41, 5.74) is 4.47. The van der Waals surface area contributed by atoms with Crippen LogP contribution in [0, 0.1) is 5.82 Å². The molecule has 2 aromatic rings. The van der Waals surface area contributed by atoms with E-state index in [9.17, 15) is 17.6 Å². The zero-order valence-corrected chi connectivity index (χ0v) is 9.54. The quantitative estimate of drug-likeness (QED) is 0.655. The van der Waals surface area contributed by atoms with Crippen LogP contribution in [0.5, 0.6) is 11.5 Å². The van der Waals surface area contributed by atoms with Crippen molar-refractivity contribution in [1.82, 2.24) is 0 Å². The van der Waals surface area contributed by atoms with Gasteiger partial charge in [-0.3, -0.25) is 0 Å². The summed E-state index contributed by atoms with van der Waals surface area (Å²) in [5, 5.41) is 0. The summed E-state index contributed by atoms with van der Waals surface area (Å²) >= 11 is 0. The Morgan fingerprint density at radius 1 is 0.947 bits per heavy atom. The van der Waals surface area contributed by atoms with E-state index in [4.69, 9.17) is 10.5 Å². The molecule has 0 aliphatic carbocycles. The average molecular weight is 271 g/mol. The highest BCUT2D eigenvalue weighted by Gasteiger charge is 2.30. The van der Waals surface area contributed by atoms with Crippen LogP contribution in [0.15, 0.2) is 42.5 Å². The molecule has 0 aliphatic heterocycles. The lowest BCUT2D eigenvalue weighted by Gasteiger charge is -2.10. The van der Waals surface area contributed by atoms with Gasteiger partial charge in [-0.2, -0.15) is 13.2 Å². The Balaban J connectivity index is 2.23. The number of para-hydroxylation sites is 1. The predicted molar refractivity (Wildman–Crippen MR) is 62.3 cm³/mol. The first kappa shape index (κ1) is 13.2. The van der Waals surface area contributed by atoms with E-state index in [-0.39, 0.29) is 17.2 Å². The second kappa shape index (κ2) is 4.79. The van der Waals surface area contributed by atoms with Crippen LogP contribution in [0.4, 0.5) is 23.2 Å². The minimum absolute atomic E-state index is 0.0553. The van der Waals surface area contributed by atoms with E-state index in [2.05, 4.69) is 0 Å². The molecule has 0 bridgehead atoms. The van der Waals surface area contributed by atoms with E-state index in [0.717, 1.165) is 30.3 Å². The highest BCUT2D eigenvalue weighted by atomic mass is 19.4. The summed E-state index contributed by atoms with van der Waals surface area (Å²) < 4.78 is 55.4. The Morgan fingerprint density at radius 2 is 1.58 bits per heavy atom. The fourth-order valence-corrected chi connectivity index (χ4v) is 1.45. The molecule has 19 heavy (non-hydrogen) atoms. The number of benzene rings is 2. The zero-order valence-electron chi connectivity index (χ0n) is 9.54. The van der Waals surface area contributed by atoms with Crippen molar-refractivity contribution < 1.29 is 22.3 Å². The van der Waals surface area contributed by atoms with Crippen LogP contribution < -0.4 is 10.5 Å². The van der Waals surface area contributed by atoms with Crippen LogP contribution in [0.25, 0.3) is 0 Å². The summed E-state index contributed by atoms with van der Waals surface area (Å²) in [7, 11) is 0. The lowest BCUT2D eigenvalue weighted by Crippen LogP contribution is -2.04. The number of nitrogen functional groups attached to an aromatic ring is 1. The summed E-state index contributed by atoms with van der Waals surface area (Å²) in [6.07, 6.45) is -4.41. The third kappa shape index (κ3) is 2.96. The van der Waals surface area contributed by atoms with Gasteiger partial charge in [-0.05, 0) is 36.4 Å². The van der Waals surface area contributed by atoms with E-state index >= 15 is 0 Å². The van der Waals surface area contributed by atoms with Crippen LogP contribution in [0.1, 0.15) is 5.56 Å². The number of halogens is 4. The molecular formula is C13H9F4NO. The number of ether oxygens (including phenoxy) is 1.